The third-order valence-corrected chi connectivity index (χ3v) is 5.35. The van der Waals surface area contributed by atoms with E-state index in [1.54, 1.807) is 11.0 Å². The van der Waals surface area contributed by atoms with Gasteiger partial charge in [-0.05, 0) is 29.3 Å². The van der Waals surface area contributed by atoms with Crippen LogP contribution in [0.4, 0.5) is 0 Å². The smallest absolute Gasteiger partial charge is 0.257 e. The lowest BCUT2D eigenvalue weighted by Crippen LogP contribution is -2.45. The highest BCUT2D eigenvalue weighted by atomic mass is 16.7. The molecule has 0 aliphatic carbocycles. The van der Waals surface area contributed by atoms with Crippen LogP contribution in [-0.2, 0) is 18.7 Å². The molecule has 2 heterocycles. The van der Waals surface area contributed by atoms with Crippen LogP contribution in [-0.4, -0.2) is 22.7 Å². The highest BCUT2D eigenvalue weighted by Crippen LogP contribution is 2.41. The fourth-order valence-electron chi connectivity index (χ4n) is 3.97. The SMILES string of the molecule is O=C1c2ccccc2C(O)(Cc2ccccc2)N1Cc1ccc2c(c1)OCO2. The third kappa shape index (κ3) is 2.63. The second-order valence-corrected chi connectivity index (χ2v) is 7.10. The van der Waals surface area contributed by atoms with Crippen LogP contribution in [0.1, 0.15) is 27.0 Å². The fraction of sp³-hybridized carbons (Fsp3) is 0.174. The van der Waals surface area contributed by atoms with Crippen molar-refractivity contribution in [1.82, 2.24) is 4.90 Å². The lowest BCUT2D eigenvalue weighted by Gasteiger charge is -2.35. The number of hydrogen-bond acceptors (Lipinski definition) is 4. The minimum absolute atomic E-state index is 0.174. The summed E-state index contributed by atoms with van der Waals surface area (Å²) in [5.41, 5.74) is 1.61. The van der Waals surface area contributed by atoms with Crippen LogP contribution < -0.4 is 9.47 Å². The number of rotatable bonds is 4. The fourth-order valence-corrected chi connectivity index (χ4v) is 3.97. The van der Waals surface area contributed by atoms with Crippen molar-refractivity contribution in [2.24, 2.45) is 0 Å². The van der Waals surface area contributed by atoms with Gasteiger partial charge < -0.3 is 19.5 Å². The molecule has 140 valence electrons. The molecule has 0 radical (unpaired) electrons. The minimum atomic E-state index is -1.41. The lowest BCUT2D eigenvalue weighted by atomic mass is 9.94. The van der Waals surface area contributed by atoms with Gasteiger partial charge in [0, 0.05) is 24.1 Å². The van der Waals surface area contributed by atoms with Gasteiger partial charge in [-0.15, -0.1) is 0 Å². The third-order valence-electron chi connectivity index (χ3n) is 5.35. The molecule has 28 heavy (non-hydrogen) atoms. The van der Waals surface area contributed by atoms with Crippen molar-refractivity contribution in [3.63, 3.8) is 0 Å². The molecular weight excluding hydrogens is 354 g/mol. The molecule has 3 aromatic rings. The number of aliphatic hydroxyl groups is 1. The Balaban J connectivity index is 1.54. The van der Waals surface area contributed by atoms with Crippen molar-refractivity contribution in [3.8, 4) is 11.5 Å². The molecule has 0 spiro atoms. The molecule has 2 aliphatic rings. The number of carbonyl (C=O) groups excluding carboxylic acids is 1. The van der Waals surface area contributed by atoms with Crippen molar-refractivity contribution in [1.29, 1.82) is 0 Å². The van der Waals surface area contributed by atoms with Gasteiger partial charge in [-0.25, -0.2) is 0 Å². The van der Waals surface area contributed by atoms with E-state index in [-0.39, 0.29) is 19.2 Å². The number of fused-ring (bicyclic) bond motifs is 2. The molecule has 5 heteroatoms. The highest BCUT2D eigenvalue weighted by molar-refractivity contribution is 5.99. The molecule has 1 atom stereocenters. The maximum absolute atomic E-state index is 13.2. The van der Waals surface area contributed by atoms with E-state index in [4.69, 9.17) is 9.47 Å². The van der Waals surface area contributed by atoms with E-state index in [0.29, 0.717) is 29.0 Å². The average Bonchev–Trinajstić information content (AvgIpc) is 3.26. The van der Waals surface area contributed by atoms with E-state index in [1.807, 2.05) is 66.7 Å². The van der Waals surface area contributed by atoms with Crippen LogP contribution in [0.5, 0.6) is 11.5 Å². The zero-order chi connectivity index (χ0) is 19.1. The van der Waals surface area contributed by atoms with E-state index in [0.717, 1.165) is 11.1 Å². The zero-order valence-electron chi connectivity index (χ0n) is 15.2. The maximum atomic E-state index is 13.2. The van der Waals surface area contributed by atoms with Crippen LogP contribution >= 0.6 is 0 Å². The largest absolute Gasteiger partial charge is 0.454 e. The van der Waals surface area contributed by atoms with Gasteiger partial charge in [-0.3, -0.25) is 4.79 Å². The average molecular weight is 373 g/mol. The van der Waals surface area contributed by atoms with Crippen LogP contribution in [0.2, 0.25) is 0 Å². The molecule has 0 saturated carbocycles. The Hall–Kier alpha value is -3.31. The number of amides is 1. The summed E-state index contributed by atoms with van der Waals surface area (Å²) in [6, 6.07) is 22.6. The number of nitrogens with zero attached hydrogens (tertiary/aromatic N) is 1. The summed E-state index contributed by atoms with van der Waals surface area (Å²) in [4.78, 5) is 14.7. The second-order valence-electron chi connectivity index (χ2n) is 7.10. The van der Waals surface area contributed by atoms with Crippen molar-refractivity contribution < 1.29 is 19.4 Å². The first-order valence-corrected chi connectivity index (χ1v) is 9.21. The Kier molecular flexibility index (Phi) is 3.84. The van der Waals surface area contributed by atoms with Gasteiger partial charge in [0.05, 0.1) is 0 Å². The summed E-state index contributed by atoms with van der Waals surface area (Å²) in [5, 5.41) is 11.7. The van der Waals surface area contributed by atoms with Gasteiger partial charge in [0.1, 0.15) is 0 Å². The molecule has 2 aliphatic heterocycles. The quantitative estimate of drug-likeness (QED) is 0.761. The molecule has 0 bridgehead atoms. The molecule has 1 N–H and O–H groups in total. The number of benzene rings is 3. The van der Waals surface area contributed by atoms with Crippen LogP contribution in [0, 0.1) is 0 Å². The van der Waals surface area contributed by atoms with Gasteiger partial charge in [-0.1, -0.05) is 54.6 Å². The lowest BCUT2D eigenvalue weighted by molar-refractivity contribution is -0.0878. The van der Waals surface area contributed by atoms with Crippen molar-refractivity contribution in [2.75, 3.05) is 6.79 Å². The molecular formula is C23H19NO4. The Bertz CT molecular complexity index is 1050. The molecule has 0 fully saturated rings. The molecule has 0 saturated heterocycles. The highest BCUT2D eigenvalue weighted by Gasteiger charge is 2.48. The van der Waals surface area contributed by atoms with Crippen molar-refractivity contribution in [2.45, 2.75) is 18.7 Å². The van der Waals surface area contributed by atoms with Crippen LogP contribution in [0.15, 0.2) is 72.8 Å². The minimum Gasteiger partial charge on any atom is -0.454 e. The first-order chi connectivity index (χ1) is 13.6. The number of ether oxygens (including phenoxy) is 2. The first kappa shape index (κ1) is 16.8. The Morgan fingerprint density at radius 2 is 1.64 bits per heavy atom. The van der Waals surface area contributed by atoms with Gasteiger partial charge in [0.15, 0.2) is 17.2 Å². The van der Waals surface area contributed by atoms with Gasteiger partial charge in [0.2, 0.25) is 6.79 Å². The summed E-state index contributed by atoms with van der Waals surface area (Å²) in [7, 11) is 0. The van der Waals surface area contributed by atoms with E-state index < -0.39 is 5.72 Å². The predicted molar refractivity (Wildman–Crippen MR) is 103 cm³/mol. The molecule has 1 amide bonds. The predicted octanol–water partition coefficient (Wildman–Crippen LogP) is 3.46. The molecule has 5 nitrogen and oxygen atoms in total. The second kappa shape index (κ2) is 6.39. The topological polar surface area (TPSA) is 59.0 Å². The summed E-state index contributed by atoms with van der Waals surface area (Å²) in [5.74, 6) is 1.18. The van der Waals surface area contributed by atoms with Gasteiger partial charge in [-0.2, -0.15) is 0 Å². The van der Waals surface area contributed by atoms with E-state index in [2.05, 4.69) is 0 Å². The van der Waals surface area contributed by atoms with E-state index in [9.17, 15) is 9.90 Å². The Morgan fingerprint density at radius 1 is 0.893 bits per heavy atom. The molecule has 0 aromatic heterocycles. The number of hydrogen-bond donors (Lipinski definition) is 1. The molecule has 5 rings (SSSR count). The van der Waals surface area contributed by atoms with Crippen molar-refractivity contribution >= 4 is 5.91 Å². The monoisotopic (exact) mass is 373 g/mol. The normalized spacial score (nSPS) is 19.8. The van der Waals surface area contributed by atoms with Gasteiger partial charge in [0.25, 0.3) is 5.91 Å². The van der Waals surface area contributed by atoms with Crippen LogP contribution in [0.3, 0.4) is 0 Å². The first-order valence-electron chi connectivity index (χ1n) is 9.21. The summed E-state index contributed by atoms with van der Waals surface area (Å²) < 4.78 is 10.8. The van der Waals surface area contributed by atoms with Crippen molar-refractivity contribution in [3.05, 3.63) is 95.1 Å². The molecule has 1 unspecified atom stereocenters. The van der Waals surface area contributed by atoms with Crippen LogP contribution in [0.25, 0.3) is 0 Å². The Labute approximate surface area is 162 Å². The number of carbonyl (C=O) groups is 1. The Morgan fingerprint density at radius 3 is 2.50 bits per heavy atom. The van der Waals surface area contributed by atoms with E-state index in [1.165, 1.54) is 0 Å². The molecule has 3 aromatic carbocycles. The maximum Gasteiger partial charge on any atom is 0.257 e. The summed E-state index contributed by atoms with van der Waals surface area (Å²) in [6.45, 7) is 0.471. The summed E-state index contributed by atoms with van der Waals surface area (Å²) in [6.07, 6.45) is 0.321. The standard InChI is InChI=1S/C23H19NO4/c25-22-18-8-4-5-9-19(18)23(26,13-16-6-2-1-3-7-16)24(22)14-17-10-11-20-21(12-17)28-15-27-20/h1-12,26H,13-15H2. The van der Waals surface area contributed by atoms with E-state index >= 15 is 0 Å². The zero-order valence-corrected chi connectivity index (χ0v) is 15.2. The summed E-state index contributed by atoms with van der Waals surface area (Å²) >= 11 is 0. The van der Waals surface area contributed by atoms with Gasteiger partial charge >= 0.3 is 0 Å².